The van der Waals surface area contributed by atoms with Gasteiger partial charge in [0.2, 0.25) is 5.91 Å². The van der Waals surface area contributed by atoms with Gasteiger partial charge in [-0.3, -0.25) is 4.79 Å². The van der Waals surface area contributed by atoms with Gasteiger partial charge in [-0.1, -0.05) is 0 Å². The fraction of sp³-hybridized carbons (Fsp3) is 0.250. The summed E-state index contributed by atoms with van der Waals surface area (Å²) < 4.78 is 89.5. The van der Waals surface area contributed by atoms with E-state index in [1.165, 1.54) is 19.2 Å². The molecule has 11 heteroatoms. The number of anilines is 2. The fourth-order valence-electron chi connectivity index (χ4n) is 2.02. The number of amides is 1. The number of benzene rings is 1. The average molecular weight is 395 g/mol. The Morgan fingerprint density at radius 2 is 1.63 bits per heavy atom. The second kappa shape index (κ2) is 7.41. The molecule has 1 N–H and O–H groups in total. The minimum Gasteiger partial charge on any atom is -0.361 e. The van der Waals surface area contributed by atoms with Crippen molar-refractivity contribution in [1.29, 1.82) is 0 Å². The molecule has 0 aliphatic heterocycles. The summed E-state index contributed by atoms with van der Waals surface area (Å²) in [6.45, 7) is -0.626. The molecule has 0 aliphatic rings. The summed E-state index contributed by atoms with van der Waals surface area (Å²) in [5.41, 5.74) is -3.00. The molecule has 0 fully saturated rings. The third-order valence-electron chi connectivity index (χ3n) is 3.45. The number of aromatic nitrogens is 1. The van der Waals surface area contributed by atoms with E-state index in [-0.39, 0.29) is 11.8 Å². The van der Waals surface area contributed by atoms with E-state index in [0.717, 1.165) is 17.0 Å². The van der Waals surface area contributed by atoms with E-state index in [1.54, 1.807) is 0 Å². The van der Waals surface area contributed by atoms with Crippen molar-refractivity contribution in [2.45, 2.75) is 12.4 Å². The highest BCUT2D eigenvalue weighted by Gasteiger charge is 2.38. The smallest absolute Gasteiger partial charge is 0.361 e. The van der Waals surface area contributed by atoms with Gasteiger partial charge in [0.05, 0.1) is 12.1 Å². The van der Waals surface area contributed by atoms with E-state index in [9.17, 15) is 35.5 Å². The second-order valence-corrected chi connectivity index (χ2v) is 5.40. The molecule has 27 heavy (non-hydrogen) atoms. The Bertz CT molecular complexity index is 784. The maximum absolute atomic E-state index is 12.9. The van der Waals surface area contributed by atoms with E-state index in [4.69, 9.17) is 0 Å². The minimum absolute atomic E-state index is 0.113. The maximum atomic E-state index is 12.9. The Kier molecular flexibility index (Phi) is 5.62. The van der Waals surface area contributed by atoms with Gasteiger partial charge < -0.3 is 10.2 Å². The largest absolute Gasteiger partial charge is 0.433 e. The molecule has 1 aromatic carbocycles. The van der Waals surface area contributed by atoms with Crippen LogP contribution in [0.15, 0.2) is 36.4 Å². The molecule has 0 unspecified atom stereocenters. The SMILES string of the molecule is CN(C(=O)CNc1cc(C(F)(F)F)cc(C(F)(F)F)n1)c1ccc(F)cc1. The highest BCUT2D eigenvalue weighted by molar-refractivity contribution is 5.95. The lowest BCUT2D eigenvalue weighted by Crippen LogP contribution is -2.32. The molecule has 0 spiro atoms. The summed E-state index contributed by atoms with van der Waals surface area (Å²) >= 11 is 0. The predicted molar refractivity (Wildman–Crippen MR) is 82.5 cm³/mol. The number of nitrogens with zero attached hydrogens (tertiary/aromatic N) is 2. The van der Waals surface area contributed by atoms with Crippen molar-refractivity contribution in [2.24, 2.45) is 0 Å². The van der Waals surface area contributed by atoms with Crippen molar-refractivity contribution in [3.05, 3.63) is 53.5 Å². The number of hydrogen-bond donors (Lipinski definition) is 1. The van der Waals surface area contributed by atoms with Crippen LogP contribution in [-0.2, 0) is 17.1 Å². The van der Waals surface area contributed by atoms with Gasteiger partial charge in [0, 0.05) is 12.7 Å². The molecule has 1 aromatic heterocycles. The number of hydrogen-bond acceptors (Lipinski definition) is 3. The van der Waals surface area contributed by atoms with Crippen molar-refractivity contribution in [3.8, 4) is 0 Å². The van der Waals surface area contributed by atoms with Crippen LogP contribution >= 0.6 is 0 Å². The van der Waals surface area contributed by atoms with Crippen molar-refractivity contribution in [3.63, 3.8) is 0 Å². The molecule has 0 saturated carbocycles. The molecule has 146 valence electrons. The number of pyridine rings is 1. The van der Waals surface area contributed by atoms with Gasteiger partial charge in [0.15, 0.2) is 0 Å². The van der Waals surface area contributed by atoms with Gasteiger partial charge in [-0.05, 0) is 36.4 Å². The van der Waals surface area contributed by atoms with Crippen LogP contribution in [0.2, 0.25) is 0 Å². The van der Waals surface area contributed by atoms with Crippen LogP contribution in [0.25, 0.3) is 0 Å². The molecule has 0 radical (unpaired) electrons. The Hall–Kier alpha value is -2.85. The highest BCUT2D eigenvalue weighted by atomic mass is 19.4. The van der Waals surface area contributed by atoms with E-state index in [1.807, 2.05) is 0 Å². The minimum atomic E-state index is -5.09. The summed E-state index contributed by atoms with van der Waals surface area (Å²) in [4.78, 5) is 16.2. The zero-order chi connectivity index (χ0) is 20.4. The molecule has 0 saturated heterocycles. The molecule has 1 amide bonds. The molecule has 0 atom stereocenters. The average Bonchev–Trinajstić information content (AvgIpc) is 2.58. The number of carbonyl (C=O) groups excluding carboxylic acids is 1. The first-order chi connectivity index (χ1) is 12.4. The lowest BCUT2D eigenvalue weighted by molar-refractivity contribution is -0.145. The van der Waals surface area contributed by atoms with Crippen LogP contribution in [0.4, 0.5) is 42.2 Å². The molecule has 4 nitrogen and oxygen atoms in total. The number of nitrogens with one attached hydrogen (secondary N) is 1. The summed E-state index contributed by atoms with van der Waals surface area (Å²) in [6, 6.07) is 5.03. The van der Waals surface area contributed by atoms with Crippen LogP contribution in [-0.4, -0.2) is 24.5 Å². The summed E-state index contributed by atoms with van der Waals surface area (Å²) in [5.74, 6) is -1.97. The van der Waals surface area contributed by atoms with Crippen LogP contribution in [0, 0.1) is 5.82 Å². The van der Waals surface area contributed by atoms with Crippen molar-refractivity contribution >= 4 is 17.4 Å². The van der Waals surface area contributed by atoms with E-state index >= 15 is 0 Å². The summed E-state index contributed by atoms with van der Waals surface area (Å²) in [5, 5.41) is 2.16. The zero-order valence-electron chi connectivity index (χ0n) is 13.6. The highest BCUT2D eigenvalue weighted by Crippen LogP contribution is 2.35. The zero-order valence-corrected chi connectivity index (χ0v) is 13.6. The second-order valence-electron chi connectivity index (χ2n) is 5.40. The first kappa shape index (κ1) is 20.5. The quantitative estimate of drug-likeness (QED) is 0.784. The Morgan fingerprint density at radius 3 is 2.15 bits per heavy atom. The molecule has 0 bridgehead atoms. The van der Waals surface area contributed by atoms with Crippen LogP contribution < -0.4 is 10.2 Å². The van der Waals surface area contributed by atoms with Crippen molar-refractivity contribution in [1.82, 2.24) is 4.98 Å². The molecule has 0 aliphatic carbocycles. The van der Waals surface area contributed by atoms with E-state index in [2.05, 4.69) is 10.3 Å². The number of likely N-dealkylation sites (N-methyl/N-ethyl adjacent to an activating group) is 1. The summed E-state index contributed by atoms with van der Waals surface area (Å²) in [7, 11) is 1.32. The Labute approximate surface area is 148 Å². The Balaban J connectivity index is 2.18. The lowest BCUT2D eigenvalue weighted by Gasteiger charge is -2.18. The van der Waals surface area contributed by atoms with Gasteiger partial charge >= 0.3 is 12.4 Å². The lowest BCUT2D eigenvalue weighted by atomic mass is 10.2. The fourth-order valence-corrected chi connectivity index (χ4v) is 2.02. The number of halogens is 7. The van der Waals surface area contributed by atoms with Crippen molar-refractivity contribution in [2.75, 3.05) is 23.8 Å². The number of rotatable bonds is 4. The third kappa shape index (κ3) is 5.31. The normalized spacial score (nSPS) is 12.0. The monoisotopic (exact) mass is 395 g/mol. The van der Waals surface area contributed by atoms with Gasteiger partial charge in [-0.2, -0.15) is 26.3 Å². The Morgan fingerprint density at radius 1 is 1.04 bits per heavy atom. The first-order valence-electron chi connectivity index (χ1n) is 7.30. The first-order valence-corrected chi connectivity index (χ1v) is 7.30. The van der Waals surface area contributed by atoms with E-state index in [0.29, 0.717) is 6.07 Å². The van der Waals surface area contributed by atoms with Crippen LogP contribution in [0.1, 0.15) is 11.3 Å². The van der Waals surface area contributed by atoms with Gasteiger partial charge in [0.25, 0.3) is 0 Å². The van der Waals surface area contributed by atoms with Crippen LogP contribution in [0.5, 0.6) is 0 Å². The molecule has 2 aromatic rings. The predicted octanol–water partition coefficient (Wildman–Crippen LogP) is 4.33. The third-order valence-corrected chi connectivity index (χ3v) is 3.45. The van der Waals surface area contributed by atoms with Gasteiger partial charge in [0.1, 0.15) is 17.3 Å². The molecular weight excluding hydrogens is 383 g/mol. The van der Waals surface area contributed by atoms with Gasteiger partial charge in [-0.25, -0.2) is 9.37 Å². The molecule has 1 heterocycles. The summed E-state index contributed by atoms with van der Waals surface area (Å²) in [6.07, 6.45) is -10.1. The number of alkyl halides is 6. The van der Waals surface area contributed by atoms with E-state index < -0.39 is 47.7 Å². The molecule has 2 rings (SSSR count). The number of carbonyl (C=O) groups is 1. The standard InChI is InChI=1S/C16H12F7N3O/c1-26(11-4-2-10(17)3-5-11)14(27)8-24-13-7-9(15(18,19)20)6-12(25-13)16(21,22)23/h2-7H,8H2,1H3,(H,24,25). The topological polar surface area (TPSA) is 45.2 Å². The van der Waals surface area contributed by atoms with Crippen LogP contribution in [0.3, 0.4) is 0 Å². The maximum Gasteiger partial charge on any atom is 0.433 e. The molecular formula is C16H12F7N3O. The van der Waals surface area contributed by atoms with Crippen molar-refractivity contribution < 1.29 is 35.5 Å². The van der Waals surface area contributed by atoms with Gasteiger partial charge in [-0.15, -0.1) is 0 Å².